The van der Waals surface area contributed by atoms with Gasteiger partial charge in [0.05, 0.1) is 19.3 Å². The highest BCUT2D eigenvalue weighted by Gasteiger charge is 2.29. The van der Waals surface area contributed by atoms with Crippen LogP contribution in [0.1, 0.15) is 16.9 Å². The molecule has 7 heteroatoms. The molecule has 27 heavy (non-hydrogen) atoms. The fourth-order valence-corrected chi connectivity index (χ4v) is 3.09. The Hall–Kier alpha value is -2.64. The number of nitrogens with zero attached hydrogens (tertiary/aromatic N) is 2. The Morgan fingerprint density at radius 1 is 1.30 bits per heavy atom. The maximum absolute atomic E-state index is 12.2. The van der Waals surface area contributed by atoms with E-state index in [0.29, 0.717) is 31.8 Å². The van der Waals surface area contributed by atoms with Crippen LogP contribution in [0.5, 0.6) is 11.5 Å². The minimum Gasteiger partial charge on any atom is -0.497 e. The number of carbonyl (C=O) groups is 1. The summed E-state index contributed by atoms with van der Waals surface area (Å²) in [4.78, 5) is 18.4. The molecule has 1 saturated heterocycles. The predicted octanol–water partition coefficient (Wildman–Crippen LogP) is 1.33. The van der Waals surface area contributed by atoms with Crippen molar-refractivity contribution in [2.45, 2.75) is 18.6 Å². The Kier molecular flexibility index (Phi) is 6.62. The number of pyridine rings is 1. The molecule has 1 aliphatic heterocycles. The molecule has 0 saturated carbocycles. The van der Waals surface area contributed by atoms with Gasteiger partial charge in [0.25, 0.3) is 5.91 Å². The van der Waals surface area contributed by atoms with Gasteiger partial charge in [0, 0.05) is 31.9 Å². The van der Waals surface area contributed by atoms with Gasteiger partial charge in [0.1, 0.15) is 23.8 Å². The number of hydrogen-bond acceptors (Lipinski definition) is 6. The van der Waals surface area contributed by atoms with E-state index in [2.05, 4.69) is 15.2 Å². The average molecular weight is 371 g/mol. The second kappa shape index (κ2) is 9.34. The van der Waals surface area contributed by atoms with Crippen LogP contribution in [0, 0.1) is 0 Å². The summed E-state index contributed by atoms with van der Waals surface area (Å²) >= 11 is 0. The van der Waals surface area contributed by atoms with Crippen LogP contribution < -0.4 is 14.8 Å². The molecule has 2 atom stereocenters. The Labute approximate surface area is 158 Å². The molecule has 2 aromatic rings. The number of aromatic nitrogens is 1. The minimum absolute atomic E-state index is 0.255. The van der Waals surface area contributed by atoms with E-state index in [1.165, 1.54) is 0 Å². The number of amides is 1. The molecule has 1 aliphatic rings. The molecule has 0 aliphatic carbocycles. The summed E-state index contributed by atoms with van der Waals surface area (Å²) in [6.07, 6.45) is 1.64. The minimum atomic E-state index is -0.622. The average Bonchev–Trinajstić information content (AvgIpc) is 2.71. The van der Waals surface area contributed by atoms with Crippen molar-refractivity contribution < 1.29 is 19.4 Å². The Balaban J connectivity index is 1.42. The third-order valence-corrected chi connectivity index (χ3v) is 4.60. The summed E-state index contributed by atoms with van der Waals surface area (Å²) in [6, 6.07) is 12.4. The van der Waals surface area contributed by atoms with E-state index in [1.54, 1.807) is 31.5 Å². The molecule has 1 aromatic carbocycles. The van der Waals surface area contributed by atoms with E-state index in [0.717, 1.165) is 18.0 Å². The molecular formula is C20H25N3O4. The normalized spacial score (nSPS) is 20.1. The molecule has 0 unspecified atom stereocenters. The summed E-state index contributed by atoms with van der Waals surface area (Å²) in [5.41, 5.74) is 0.360. The molecule has 2 heterocycles. The summed E-state index contributed by atoms with van der Waals surface area (Å²) in [7, 11) is 1.62. The number of aliphatic hydroxyl groups excluding tert-OH is 1. The van der Waals surface area contributed by atoms with Crippen LogP contribution >= 0.6 is 0 Å². The summed E-state index contributed by atoms with van der Waals surface area (Å²) in [5, 5.41) is 13.3. The first-order valence-corrected chi connectivity index (χ1v) is 9.05. The lowest BCUT2D eigenvalue weighted by atomic mass is 10.0. The van der Waals surface area contributed by atoms with Crippen molar-refractivity contribution in [3.63, 3.8) is 0 Å². The van der Waals surface area contributed by atoms with Crippen LogP contribution in [0.4, 0.5) is 0 Å². The first-order chi connectivity index (χ1) is 13.2. The zero-order valence-electron chi connectivity index (χ0n) is 15.4. The largest absolute Gasteiger partial charge is 0.497 e. The van der Waals surface area contributed by atoms with Crippen LogP contribution in [0.25, 0.3) is 0 Å². The van der Waals surface area contributed by atoms with Gasteiger partial charge in [0.2, 0.25) is 0 Å². The van der Waals surface area contributed by atoms with E-state index >= 15 is 0 Å². The van der Waals surface area contributed by atoms with Gasteiger partial charge in [0.15, 0.2) is 0 Å². The third kappa shape index (κ3) is 5.42. The van der Waals surface area contributed by atoms with Crippen molar-refractivity contribution in [3.8, 4) is 11.5 Å². The molecule has 1 fully saturated rings. The molecule has 1 aromatic heterocycles. The molecular weight excluding hydrogens is 346 g/mol. The van der Waals surface area contributed by atoms with Crippen LogP contribution in [0.15, 0.2) is 48.7 Å². The standard InChI is InChI=1S/C20H25N3O4/c1-26-15-5-4-6-16(13-15)27-12-11-23-10-8-17(19(24)14-23)22-20(25)18-7-2-3-9-21-18/h2-7,9,13,17,19,24H,8,10-12,14H2,1H3,(H,22,25)/t17-,19-/m0/s1. The van der Waals surface area contributed by atoms with Crippen molar-refractivity contribution in [2.24, 2.45) is 0 Å². The number of β-amino-alcohol motifs (C(OH)–C–C–N with tert-alkyl or cyclic N) is 1. The molecule has 0 radical (unpaired) electrons. The van der Waals surface area contributed by atoms with E-state index in [1.807, 2.05) is 24.3 Å². The second-order valence-corrected chi connectivity index (χ2v) is 6.48. The molecule has 144 valence electrons. The molecule has 2 N–H and O–H groups in total. The molecule has 7 nitrogen and oxygen atoms in total. The number of nitrogens with one attached hydrogen (secondary N) is 1. The number of piperidine rings is 1. The van der Waals surface area contributed by atoms with Gasteiger partial charge in [-0.2, -0.15) is 0 Å². The number of benzene rings is 1. The van der Waals surface area contributed by atoms with Gasteiger partial charge in [-0.05, 0) is 30.7 Å². The Bertz CT molecular complexity index is 741. The summed E-state index contributed by atoms with van der Waals surface area (Å²) in [5.74, 6) is 1.26. The monoisotopic (exact) mass is 371 g/mol. The van der Waals surface area contributed by atoms with E-state index in [-0.39, 0.29) is 11.9 Å². The highest BCUT2D eigenvalue weighted by atomic mass is 16.5. The first kappa shape index (κ1) is 19.1. The van der Waals surface area contributed by atoms with Gasteiger partial charge in [-0.15, -0.1) is 0 Å². The number of methoxy groups -OCH3 is 1. The smallest absolute Gasteiger partial charge is 0.270 e. The third-order valence-electron chi connectivity index (χ3n) is 4.60. The zero-order valence-corrected chi connectivity index (χ0v) is 15.4. The number of hydrogen-bond donors (Lipinski definition) is 2. The van der Waals surface area contributed by atoms with E-state index in [9.17, 15) is 9.90 Å². The maximum Gasteiger partial charge on any atom is 0.270 e. The van der Waals surface area contributed by atoms with Crippen molar-refractivity contribution in [2.75, 3.05) is 33.4 Å². The Morgan fingerprint density at radius 3 is 2.89 bits per heavy atom. The quantitative estimate of drug-likeness (QED) is 0.764. The predicted molar refractivity (Wildman–Crippen MR) is 101 cm³/mol. The topological polar surface area (TPSA) is 83.9 Å². The van der Waals surface area contributed by atoms with Crippen molar-refractivity contribution in [3.05, 3.63) is 54.4 Å². The maximum atomic E-state index is 12.2. The van der Waals surface area contributed by atoms with Gasteiger partial charge >= 0.3 is 0 Å². The fourth-order valence-electron chi connectivity index (χ4n) is 3.09. The lowest BCUT2D eigenvalue weighted by Gasteiger charge is -2.36. The van der Waals surface area contributed by atoms with Gasteiger partial charge in [-0.1, -0.05) is 12.1 Å². The molecule has 1 amide bonds. The molecule has 0 spiro atoms. The fraction of sp³-hybridized carbons (Fsp3) is 0.400. The van der Waals surface area contributed by atoms with E-state index in [4.69, 9.17) is 9.47 Å². The second-order valence-electron chi connectivity index (χ2n) is 6.48. The number of likely N-dealkylation sites (tertiary alicyclic amines) is 1. The van der Waals surface area contributed by atoms with Gasteiger partial charge in [-0.3, -0.25) is 14.7 Å². The van der Waals surface area contributed by atoms with Crippen LogP contribution in [-0.2, 0) is 0 Å². The lowest BCUT2D eigenvalue weighted by molar-refractivity contribution is 0.0332. The number of rotatable bonds is 7. The Morgan fingerprint density at radius 2 is 2.15 bits per heavy atom. The van der Waals surface area contributed by atoms with Crippen molar-refractivity contribution in [1.82, 2.24) is 15.2 Å². The van der Waals surface area contributed by atoms with Crippen LogP contribution in [-0.4, -0.2) is 66.4 Å². The summed E-state index contributed by atoms with van der Waals surface area (Å²) < 4.78 is 10.9. The molecule has 0 bridgehead atoms. The zero-order chi connectivity index (χ0) is 19.1. The van der Waals surface area contributed by atoms with Crippen molar-refractivity contribution in [1.29, 1.82) is 0 Å². The molecule has 3 rings (SSSR count). The van der Waals surface area contributed by atoms with E-state index < -0.39 is 6.10 Å². The van der Waals surface area contributed by atoms with Gasteiger partial charge < -0.3 is 19.9 Å². The van der Waals surface area contributed by atoms with Crippen LogP contribution in [0.3, 0.4) is 0 Å². The summed E-state index contributed by atoms with van der Waals surface area (Å²) in [6.45, 7) is 2.50. The number of ether oxygens (including phenoxy) is 2. The lowest BCUT2D eigenvalue weighted by Crippen LogP contribution is -2.54. The first-order valence-electron chi connectivity index (χ1n) is 9.05. The van der Waals surface area contributed by atoms with Crippen LogP contribution in [0.2, 0.25) is 0 Å². The van der Waals surface area contributed by atoms with Gasteiger partial charge in [-0.25, -0.2) is 0 Å². The number of carbonyl (C=O) groups excluding carboxylic acids is 1. The number of aliphatic hydroxyl groups is 1. The van der Waals surface area contributed by atoms with Crippen molar-refractivity contribution >= 4 is 5.91 Å². The SMILES string of the molecule is COc1cccc(OCCN2CC[C@H](NC(=O)c3ccccn3)[C@@H](O)C2)c1. The highest BCUT2D eigenvalue weighted by molar-refractivity contribution is 5.92. The highest BCUT2D eigenvalue weighted by Crippen LogP contribution is 2.19.